The Bertz CT molecular complexity index is 858. The number of carbonyl (C=O) groups is 1. The Labute approximate surface area is 155 Å². The molecule has 3 atom stereocenters. The number of nitrogens with zero attached hydrogens (tertiary/aromatic N) is 2. The third-order valence-electron chi connectivity index (χ3n) is 5.85. The average molecular weight is 377 g/mol. The van der Waals surface area contributed by atoms with Crippen LogP contribution >= 0.6 is 0 Å². The molecule has 144 valence electrons. The minimum Gasteiger partial charge on any atom is -0.348 e. The molecule has 1 amide bonds. The van der Waals surface area contributed by atoms with Crippen LogP contribution in [0.25, 0.3) is 11.3 Å². The fourth-order valence-electron chi connectivity index (χ4n) is 4.52. The Morgan fingerprint density at radius 1 is 1.26 bits per heavy atom. The maximum absolute atomic E-state index is 13.0. The molecular weight excluding hydrogens is 355 g/mol. The molecule has 1 N–H and O–H groups in total. The van der Waals surface area contributed by atoms with E-state index in [0.29, 0.717) is 29.6 Å². The molecule has 2 aromatic rings. The fraction of sp³-hybridized carbons (Fsp3) is 0.500. The molecule has 2 saturated carbocycles. The molecular formula is C20H22F3N3O. The molecule has 1 aromatic carbocycles. The summed E-state index contributed by atoms with van der Waals surface area (Å²) in [6, 6.07) is 6.90. The molecule has 27 heavy (non-hydrogen) atoms. The summed E-state index contributed by atoms with van der Waals surface area (Å²) >= 11 is 0. The van der Waals surface area contributed by atoms with Crippen molar-refractivity contribution in [1.82, 2.24) is 15.1 Å². The zero-order valence-electron chi connectivity index (χ0n) is 15.1. The SMILES string of the molecule is CCn1nc(C(=O)N[C@H]2C[C@H]3CC[C@H]2C3)cc1-c1cccc(C(F)(F)F)c1. The van der Waals surface area contributed by atoms with Crippen LogP contribution in [0.15, 0.2) is 30.3 Å². The maximum Gasteiger partial charge on any atom is 0.416 e. The summed E-state index contributed by atoms with van der Waals surface area (Å²) in [5.41, 5.74) is 0.462. The van der Waals surface area contributed by atoms with Gasteiger partial charge in [0.15, 0.2) is 5.69 Å². The number of fused-ring (bicyclic) bond motifs is 2. The van der Waals surface area contributed by atoms with Gasteiger partial charge in [-0.2, -0.15) is 18.3 Å². The monoisotopic (exact) mass is 377 g/mol. The number of alkyl halides is 3. The molecule has 7 heteroatoms. The van der Waals surface area contributed by atoms with Crippen molar-refractivity contribution >= 4 is 5.91 Å². The Kier molecular flexibility index (Phi) is 4.48. The van der Waals surface area contributed by atoms with Crippen molar-refractivity contribution in [2.45, 2.75) is 51.4 Å². The van der Waals surface area contributed by atoms with Crippen molar-refractivity contribution in [3.05, 3.63) is 41.6 Å². The predicted molar refractivity (Wildman–Crippen MR) is 95.0 cm³/mol. The molecule has 2 bridgehead atoms. The summed E-state index contributed by atoms with van der Waals surface area (Å²) in [6.45, 7) is 2.31. The lowest BCUT2D eigenvalue weighted by atomic mass is 9.95. The minimum absolute atomic E-state index is 0.194. The minimum atomic E-state index is -4.41. The van der Waals surface area contributed by atoms with Gasteiger partial charge in [-0.25, -0.2) is 0 Å². The first-order chi connectivity index (χ1) is 12.8. The van der Waals surface area contributed by atoms with Gasteiger partial charge in [0.2, 0.25) is 0 Å². The fourth-order valence-corrected chi connectivity index (χ4v) is 4.52. The summed E-state index contributed by atoms with van der Waals surface area (Å²) in [5.74, 6) is 1.03. The van der Waals surface area contributed by atoms with E-state index in [1.807, 2.05) is 6.92 Å². The highest BCUT2D eigenvalue weighted by Gasteiger charge is 2.40. The molecule has 0 saturated heterocycles. The van der Waals surface area contributed by atoms with Gasteiger partial charge in [0.1, 0.15) is 0 Å². The smallest absolute Gasteiger partial charge is 0.348 e. The van der Waals surface area contributed by atoms with Crippen LogP contribution in [0.2, 0.25) is 0 Å². The normalized spacial score (nSPS) is 24.4. The lowest BCUT2D eigenvalue weighted by Gasteiger charge is -2.22. The molecule has 2 fully saturated rings. The van der Waals surface area contributed by atoms with E-state index in [1.165, 1.54) is 18.9 Å². The first kappa shape index (κ1) is 18.1. The van der Waals surface area contributed by atoms with E-state index >= 15 is 0 Å². The van der Waals surface area contributed by atoms with Crippen LogP contribution < -0.4 is 5.32 Å². The molecule has 4 nitrogen and oxygen atoms in total. The van der Waals surface area contributed by atoms with Gasteiger partial charge in [-0.15, -0.1) is 0 Å². The van der Waals surface area contributed by atoms with Gasteiger partial charge in [-0.1, -0.05) is 18.6 Å². The molecule has 0 radical (unpaired) electrons. The predicted octanol–water partition coefficient (Wildman–Crippen LogP) is 4.51. The van der Waals surface area contributed by atoms with Gasteiger partial charge in [0.25, 0.3) is 5.91 Å². The standard InChI is InChI=1S/C20H22F3N3O/c1-2-26-18(14-4-3-5-15(10-14)20(21,22)23)11-17(25-26)19(27)24-16-9-12-6-7-13(16)8-12/h3-5,10-13,16H,2,6-9H2,1H3,(H,24,27)/t12-,13-,16-/m0/s1. The number of hydrogen-bond acceptors (Lipinski definition) is 2. The van der Waals surface area contributed by atoms with Crippen LogP contribution in [-0.2, 0) is 12.7 Å². The lowest BCUT2D eigenvalue weighted by Crippen LogP contribution is -2.38. The highest BCUT2D eigenvalue weighted by Crippen LogP contribution is 2.44. The number of nitrogens with one attached hydrogen (secondary N) is 1. The van der Waals surface area contributed by atoms with Gasteiger partial charge in [-0.05, 0) is 56.2 Å². The van der Waals surface area contributed by atoms with E-state index in [2.05, 4.69) is 10.4 Å². The molecule has 1 aromatic heterocycles. The Hall–Kier alpha value is -2.31. The molecule has 0 spiro atoms. The first-order valence-corrected chi connectivity index (χ1v) is 9.41. The second-order valence-corrected chi connectivity index (χ2v) is 7.56. The van der Waals surface area contributed by atoms with Crippen molar-refractivity contribution in [2.24, 2.45) is 11.8 Å². The van der Waals surface area contributed by atoms with Crippen LogP contribution in [0.3, 0.4) is 0 Å². The second-order valence-electron chi connectivity index (χ2n) is 7.56. The van der Waals surface area contributed by atoms with E-state index in [0.717, 1.165) is 25.0 Å². The largest absolute Gasteiger partial charge is 0.416 e. The Morgan fingerprint density at radius 2 is 2.07 bits per heavy atom. The Morgan fingerprint density at radius 3 is 2.70 bits per heavy atom. The maximum atomic E-state index is 13.0. The van der Waals surface area contributed by atoms with Crippen LogP contribution in [0.4, 0.5) is 13.2 Å². The molecule has 1 heterocycles. The average Bonchev–Trinajstić information content (AvgIpc) is 3.36. The molecule has 0 aliphatic heterocycles. The number of rotatable bonds is 4. The summed E-state index contributed by atoms with van der Waals surface area (Å²) in [7, 11) is 0. The third-order valence-corrected chi connectivity index (χ3v) is 5.85. The zero-order valence-corrected chi connectivity index (χ0v) is 15.1. The van der Waals surface area contributed by atoms with Gasteiger partial charge < -0.3 is 5.32 Å². The van der Waals surface area contributed by atoms with Crippen molar-refractivity contribution in [2.75, 3.05) is 0 Å². The zero-order chi connectivity index (χ0) is 19.2. The molecule has 0 unspecified atom stereocenters. The van der Waals surface area contributed by atoms with E-state index in [4.69, 9.17) is 0 Å². The van der Waals surface area contributed by atoms with E-state index in [1.54, 1.807) is 16.8 Å². The molecule has 4 rings (SSSR count). The van der Waals surface area contributed by atoms with Gasteiger partial charge in [0, 0.05) is 18.2 Å². The number of carbonyl (C=O) groups excluding carboxylic acids is 1. The third kappa shape index (κ3) is 3.47. The summed E-state index contributed by atoms with van der Waals surface area (Å²) < 4.78 is 40.6. The van der Waals surface area contributed by atoms with Crippen LogP contribution in [0, 0.1) is 11.8 Å². The highest BCUT2D eigenvalue weighted by molar-refractivity contribution is 5.93. The highest BCUT2D eigenvalue weighted by atomic mass is 19.4. The number of hydrogen-bond donors (Lipinski definition) is 1. The van der Waals surface area contributed by atoms with Crippen molar-refractivity contribution in [3.63, 3.8) is 0 Å². The van der Waals surface area contributed by atoms with Crippen LogP contribution in [0.5, 0.6) is 0 Å². The summed E-state index contributed by atoms with van der Waals surface area (Å²) in [4.78, 5) is 12.6. The quantitative estimate of drug-likeness (QED) is 0.852. The van der Waals surface area contributed by atoms with Crippen LogP contribution in [-0.4, -0.2) is 21.7 Å². The van der Waals surface area contributed by atoms with Crippen molar-refractivity contribution in [3.8, 4) is 11.3 Å². The van der Waals surface area contributed by atoms with Gasteiger partial charge >= 0.3 is 6.18 Å². The molecule has 2 aliphatic rings. The second kappa shape index (κ2) is 6.69. The number of amides is 1. The van der Waals surface area contributed by atoms with Crippen LogP contribution in [0.1, 0.15) is 48.7 Å². The topological polar surface area (TPSA) is 46.9 Å². The van der Waals surface area contributed by atoms with E-state index < -0.39 is 11.7 Å². The first-order valence-electron chi connectivity index (χ1n) is 9.41. The van der Waals surface area contributed by atoms with Crippen molar-refractivity contribution in [1.29, 1.82) is 0 Å². The number of aryl methyl sites for hydroxylation is 1. The van der Waals surface area contributed by atoms with Crippen molar-refractivity contribution < 1.29 is 18.0 Å². The van der Waals surface area contributed by atoms with Gasteiger partial charge in [-0.3, -0.25) is 9.48 Å². The van der Waals surface area contributed by atoms with E-state index in [-0.39, 0.29) is 17.6 Å². The molecule has 2 aliphatic carbocycles. The summed E-state index contributed by atoms with van der Waals surface area (Å²) in [5, 5.41) is 7.41. The van der Waals surface area contributed by atoms with Gasteiger partial charge in [0.05, 0.1) is 11.3 Å². The summed E-state index contributed by atoms with van der Waals surface area (Å²) in [6.07, 6.45) is 0.208. The Balaban J connectivity index is 1.58. The number of halogens is 3. The number of aromatic nitrogens is 2. The van der Waals surface area contributed by atoms with E-state index in [9.17, 15) is 18.0 Å². The lowest BCUT2D eigenvalue weighted by molar-refractivity contribution is -0.137. The number of benzene rings is 1.